The predicted molar refractivity (Wildman–Crippen MR) is 57.2 cm³/mol. The van der Waals surface area contributed by atoms with Crippen molar-refractivity contribution in [2.24, 2.45) is 7.05 Å². The Labute approximate surface area is 83.8 Å². The highest BCUT2D eigenvalue weighted by atomic mass is 15.0. The first-order valence-corrected chi connectivity index (χ1v) is 4.76. The molecular formula is C11H15N3. The Balaban J connectivity index is 2.82. The lowest BCUT2D eigenvalue weighted by Gasteiger charge is -2.18. The number of hydrogen-bond acceptors (Lipinski definition) is 2. The monoisotopic (exact) mass is 189 g/mol. The molecule has 3 heteroatoms. The van der Waals surface area contributed by atoms with Crippen LogP contribution in [0.4, 0.5) is 0 Å². The third-order valence-electron chi connectivity index (χ3n) is 2.37. The van der Waals surface area contributed by atoms with E-state index in [0.29, 0.717) is 0 Å². The van der Waals surface area contributed by atoms with Crippen molar-refractivity contribution in [3.63, 3.8) is 0 Å². The molecule has 0 aliphatic rings. The van der Waals surface area contributed by atoms with E-state index in [1.165, 1.54) is 0 Å². The van der Waals surface area contributed by atoms with E-state index in [4.69, 9.17) is 0 Å². The summed E-state index contributed by atoms with van der Waals surface area (Å²) in [6.45, 7) is 6.51. The summed E-state index contributed by atoms with van der Waals surface area (Å²) in [7, 11) is 2.03. The second kappa shape index (κ2) is 2.80. The Hall–Kier alpha value is -1.38. The number of aromatic nitrogens is 3. The van der Waals surface area contributed by atoms with Crippen LogP contribution in [-0.2, 0) is 12.5 Å². The van der Waals surface area contributed by atoms with Crippen molar-refractivity contribution in [2.45, 2.75) is 26.2 Å². The third kappa shape index (κ3) is 1.29. The number of nitrogens with zero attached hydrogens (tertiary/aromatic N) is 3. The van der Waals surface area contributed by atoms with Gasteiger partial charge in [-0.05, 0) is 6.07 Å². The minimum Gasteiger partial charge on any atom is -0.348 e. The molecule has 2 heterocycles. The van der Waals surface area contributed by atoms with Crippen molar-refractivity contribution in [1.29, 1.82) is 0 Å². The summed E-state index contributed by atoms with van der Waals surface area (Å²) in [5.41, 5.74) is 3.33. The van der Waals surface area contributed by atoms with Crippen LogP contribution >= 0.6 is 0 Å². The van der Waals surface area contributed by atoms with E-state index in [9.17, 15) is 0 Å². The molecule has 0 atom stereocenters. The Kier molecular flexibility index (Phi) is 1.84. The van der Waals surface area contributed by atoms with Gasteiger partial charge in [0.15, 0.2) is 0 Å². The van der Waals surface area contributed by atoms with Crippen molar-refractivity contribution in [3.05, 3.63) is 24.3 Å². The van der Waals surface area contributed by atoms with Gasteiger partial charge in [0.05, 0.1) is 16.7 Å². The summed E-state index contributed by atoms with van der Waals surface area (Å²) in [5, 5.41) is 0. The van der Waals surface area contributed by atoms with Crippen molar-refractivity contribution in [2.75, 3.05) is 0 Å². The molecule has 0 bridgehead atoms. The van der Waals surface area contributed by atoms with E-state index < -0.39 is 0 Å². The molecule has 0 aromatic carbocycles. The van der Waals surface area contributed by atoms with Crippen LogP contribution in [0.3, 0.4) is 0 Å². The summed E-state index contributed by atoms with van der Waals surface area (Å²) in [4.78, 5) is 8.62. The van der Waals surface area contributed by atoms with Gasteiger partial charge >= 0.3 is 0 Å². The molecule has 0 saturated carbocycles. The van der Waals surface area contributed by atoms with E-state index >= 15 is 0 Å². The Bertz CT molecular complexity index is 463. The van der Waals surface area contributed by atoms with Crippen LogP contribution in [-0.4, -0.2) is 14.5 Å². The molecule has 0 amide bonds. The summed E-state index contributed by atoms with van der Waals surface area (Å²) in [6, 6.07) is 2.02. The fourth-order valence-corrected chi connectivity index (χ4v) is 1.67. The van der Waals surface area contributed by atoms with Gasteiger partial charge < -0.3 is 4.57 Å². The SMILES string of the molecule is Cn1ccc2ncnc(C(C)(C)C)c21. The maximum atomic E-state index is 4.38. The van der Waals surface area contributed by atoms with E-state index in [2.05, 4.69) is 35.3 Å². The average Bonchev–Trinajstić information content (AvgIpc) is 2.46. The van der Waals surface area contributed by atoms with Gasteiger partial charge in [0, 0.05) is 18.7 Å². The minimum atomic E-state index is 0.0628. The molecule has 0 fully saturated rings. The van der Waals surface area contributed by atoms with Gasteiger partial charge in [0.25, 0.3) is 0 Å². The van der Waals surface area contributed by atoms with Crippen LogP contribution in [0.5, 0.6) is 0 Å². The zero-order valence-corrected chi connectivity index (χ0v) is 9.07. The highest BCUT2D eigenvalue weighted by Gasteiger charge is 2.20. The van der Waals surface area contributed by atoms with E-state index in [0.717, 1.165) is 16.7 Å². The van der Waals surface area contributed by atoms with Crippen LogP contribution in [0.25, 0.3) is 11.0 Å². The second-order valence-corrected chi connectivity index (χ2v) is 4.63. The van der Waals surface area contributed by atoms with Crippen molar-refractivity contribution in [3.8, 4) is 0 Å². The topological polar surface area (TPSA) is 30.7 Å². The van der Waals surface area contributed by atoms with Crippen molar-refractivity contribution >= 4 is 11.0 Å². The van der Waals surface area contributed by atoms with Gasteiger partial charge in [-0.3, -0.25) is 0 Å². The molecule has 0 aliphatic heterocycles. The lowest BCUT2D eigenvalue weighted by molar-refractivity contribution is 0.570. The van der Waals surface area contributed by atoms with Gasteiger partial charge in [-0.15, -0.1) is 0 Å². The van der Waals surface area contributed by atoms with Crippen LogP contribution in [0.2, 0.25) is 0 Å². The number of rotatable bonds is 0. The molecule has 0 saturated heterocycles. The van der Waals surface area contributed by atoms with Crippen LogP contribution < -0.4 is 0 Å². The maximum absolute atomic E-state index is 4.38. The second-order valence-electron chi connectivity index (χ2n) is 4.63. The fraction of sp³-hybridized carbons (Fsp3) is 0.455. The standard InChI is InChI=1S/C11H15N3/c1-11(2,3)10-9-8(12-7-13-10)5-6-14(9)4/h5-7H,1-4H3. The zero-order chi connectivity index (χ0) is 10.3. The van der Waals surface area contributed by atoms with Crippen LogP contribution in [0.1, 0.15) is 26.5 Å². The molecule has 0 radical (unpaired) electrons. The Morgan fingerprint density at radius 3 is 2.57 bits per heavy atom. The first-order valence-electron chi connectivity index (χ1n) is 4.76. The molecule has 2 rings (SSSR count). The molecule has 74 valence electrons. The van der Waals surface area contributed by atoms with Crippen LogP contribution in [0, 0.1) is 0 Å². The zero-order valence-electron chi connectivity index (χ0n) is 9.07. The van der Waals surface area contributed by atoms with Crippen LogP contribution in [0.15, 0.2) is 18.6 Å². The molecule has 2 aromatic rings. The highest BCUT2D eigenvalue weighted by molar-refractivity contribution is 5.78. The van der Waals surface area contributed by atoms with Gasteiger partial charge in [0.1, 0.15) is 6.33 Å². The van der Waals surface area contributed by atoms with Gasteiger partial charge in [-0.25, -0.2) is 9.97 Å². The minimum absolute atomic E-state index is 0.0628. The Morgan fingerprint density at radius 1 is 1.21 bits per heavy atom. The molecule has 0 aliphatic carbocycles. The number of hydrogen-bond donors (Lipinski definition) is 0. The van der Waals surface area contributed by atoms with Gasteiger partial charge in [-0.1, -0.05) is 20.8 Å². The van der Waals surface area contributed by atoms with E-state index in [-0.39, 0.29) is 5.41 Å². The predicted octanol–water partition coefficient (Wildman–Crippen LogP) is 2.27. The average molecular weight is 189 g/mol. The van der Waals surface area contributed by atoms with Gasteiger partial charge in [0.2, 0.25) is 0 Å². The summed E-state index contributed by atoms with van der Waals surface area (Å²) < 4.78 is 2.08. The lowest BCUT2D eigenvalue weighted by atomic mass is 9.91. The largest absolute Gasteiger partial charge is 0.348 e. The van der Waals surface area contributed by atoms with E-state index in [1.54, 1.807) is 6.33 Å². The molecule has 0 unspecified atom stereocenters. The molecule has 14 heavy (non-hydrogen) atoms. The first kappa shape index (κ1) is 9.19. The smallest absolute Gasteiger partial charge is 0.116 e. The lowest BCUT2D eigenvalue weighted by Crippen LogP contribution is -2.15. The van der Waals surface area contributed by atoms with Crippen molar-refractivity contribution < 1.29 is 0 Å². The Morgan fingerprint density at radius 2 is 1.93 bits per heavy atom. The molecule has 0 N–H and O–H groups in total. The first-order chi connectivity index (χ1) is 6.50. The van der Waals surface area contributed by atoms with Gasteiger partial charge in [-0.2, -0.15) is 0 Å². The summed E-state index contributed by atoms with van der Waals surface area (Å²) >= 11 is 0. The highest BCUT2D eigenvalue weighted by Crippen LogP contribution is 2.26. The third-order valence-corrected chi connectivity index (χ3v) is 2.37. The normalized spacial score (nSPS) is 12.3. The molecular weight excluding hydrogens is 174 g/mol. The number of fused-ring (bicyclic) bond motifs is 1. The fourth-order valence-electron chi connectivity index (χ4n) is 1.67. The molecule has 2 aromatic heterocycles. The van der Waals surface area contributed by atoms with Crippen molar-refractivity contribution in [1.82, 2.24) is 14.5 Å². The summed E-state index contributed by atoms with van der Waals surface area (Å²) in [6.07, 6.45) is 3.66. The summed E-state index contributed by atoms with van der Waals surface area (Å²) in [5.74, 6) is 0. The molecule has 0 spiro atoms. The molecule has 3 nitrogen and oxygen atoms in total. The number of aryl methyl sites for hydroxylation is 1. The van der Waals surface area contributed by atoms with E-state index in [1.807, 2.05) is 19.3 Å². The quantitative estimate of drug-likeness (QED) is 0.636. The maximum Gasteiger partial charge on any atom is 0.116 e.